The van der Waals surface area contributed by atoms with Crippen LogP contribution in [0.5, 0.6) is 0 Å². The number of carboxylic acids is 2. The van der Waals surface area contributed by atoms with Crippen molar-refractivity contribution in [2.75, 3.05) is 0 Å². The number of aliphatic hydroxyl groups is 3. The van der Waals surface area contributed by atoms with E-state index in [1.54, 1.807) is 0 Å². The van der Waals surface area contributed by atoms with Crippen LogP contribution in [0.15, 0.2) is 0 Å². The summed E-state index contributed by atoms with van der Waals surface area (Å²) in [6, 6.07) is 0. The van der Waals surface area contributed by atoms with E-state index in [4.69, 9.17) is 19.7 Å². The molecule has 2 aliphatic heterocycles. The standard InChI is InChI=1S/C29H48O11/c1-26(2,20-13-28(37,15-22(31)32)17-24(35)39-20)11-7-5-9-19(30)10-6-8-12-27(3,4)21-14-29(38,16-23(33)34)18-25(36)40-21/h19-21,30,37-38H,5-18H2,1-4H3,(H,31,32)(H,33,34). The highest BCUT2D eigenvalue weighted by molar-refractivity contribution is 5.75. The van der Waals surface area contributed by atoms with Gasteiger partial charge in [-0.05, 0) is 25.7 Å². The van der Waals surface area contributed by atoms with Crippen LogP contribution in [0.2, 0.25) is 0 Å². The summed E-state index contributed by atoms with van der Waals surface area (Å²) < 4.78 is 10.9. The largest absolute Gasteiger partial charge is 0.481 e. The molecule has 4 atom stereocenters. The first-order valence-electron chi connectivity index (χ1n) is 14.3. The van der Waals surface area contributed by atoms with Gasteiger partial charge in [-0.1, -0.05) is 53.4 Å². The van der Waals surface area contributed by atoms with E-state index < -0.39 is 77.1 Å². The highest BCUT2D eigenvalue weighted by Gasteiger charge is 2.47. The van der Waals surface area contributed by atoms with Gasteiger partial charge in [0.25, 0.3) is 0 Å². The van der Waals surface area contributed by atoms with Gasteiger partial charge in [0.2, 0.25) is 0 Å². The van der Waals surface area contributed by atoms with Gasteiger partial charge < -0.3 is 35.0 Å². The molecule has 0 aromatic carbocycles. The third kappa shape index (κ3) is 10.6. The Bertz CT molecular complexity index is 834. The van der Waals surface area contributed by atoms with Crippen LogP contribution in [0.3, 0.4) is 0 Å². The summed E-state index contributed by atoms with van der Waals surface area (Å²) in [5.74, 6) is -3.51. The second kappa shape index (κ2) is 13.6. The van der Waals surface area contributed by atoms with Gasteiger partial charge in [-0.25, -0.2) is 0 Å². The molecule has 230 valence electrons. The zero-order valence-corrected chi connectivity index (χ0v) is 24.3. The van der Waals surface area contributed by atoms with Crippen LogP contribution in [0.4, 0.5) is 0 Å². The Morgan fingerprint density at radius 3 is 1.45 bits per heavy atom. The van der Waals surface area contributed by atoms with Gasteiger partial charge in [-0.2, -0.15) is 0 Å². The lowest BCUT2D eigenvalue weighted by Gasteiger charge is -2.42. The van der Waals surface area contributed by atoms with Crippen LogP contribution in [0, 0.1) is 10.8 Å². The van der Waals surface area contributed by atoms with Gasteiger partial charge in [0.1, 0.15) is 12.2 Å². The number of aliphatic hydroxyl groups excluding tert-OH is 1. The van der Waals surface area contributed by atoms with Crippen molar-refractivity contribution in [2.45, 2.75) is 147 Å². The smallest absolute Gasteiger partial charge is 0.309 e. The summed E-state index contributed by atoms with van der Waals surface area (Å²) in [6.45, 7) is 7.73. The highest BCUT2D eigenvalue weighted by Crippen LogP contribution is 2.41. The van der Waals surface area contributed by atoms with Gasteiger partial charge >= 0.3 is 23.9 Å². The van der Waals surface area contributed by atoms with Crippen molar-refractivity contribution >= 4 is 23.9 Å². The minimum Gasteiger partial charge on any atom is -0.481 e. The summed E-state index contributed by atoms with van der Waals surface area (Å²) >= 11 is 0. The fraction of sp³-hybridized carbons (Fsp3) is 0.862. The number of aliphatic carboxylic acids is 2. The van der Waals surface area contributed by atoms with E-state index in [0.29, 0.717) is 25.7 Å². The molecule has 5 N–H and O–H groups in total. The van der Waals surface area contributed by atoms with Crippen LogP contribution >= 0.6 is 0 Å². The fourth-order valence-electron chi connectivity index (χ4n) is 5.95. The van der Waals surface area contributed by atoms with E-state index >= 15 is 0 Å². The second-order valence-corrected chi connectivity index (χ2v) is 13.4. The van der Waals surface area contributed by atoms with Crippen molar-refractivity contribution in [3.05, 3.63) is 0 Å². The Balaban J connectivity index is 1.71. The maximum absolute atomic E-state index is 12.0. The lowest BCUT2D eigenvalue weighted by Crippen LogP contribution is -2.49. The summed E-state index contributed by atoms with van der Waals surface area (Å²) in [7, 11) is 0. The van der Waals surface area contributed by atoms with Crippen LogP contribution in [-0.2, 0) is 28.7 Å². The molecule has 2 saturated heterocycles. The summed E-state index contributed by atoms with van der Waals surface area (Å²) in [5, 5.41) is 49.9. The van der Waals surface area contributed by atoms with E-state index in [1.807, 2.05) is 27.7 Å². The number of hydrogen-bond donors (Lipinski definition) is 5. The topological polar surface area (TPSA) is 188 Å². The third-order valence-corrected chi connectivity index (χ3v) is 8.55. The van der Waals surface area contributed by atoms with Crippen molar-refractivity contribution in [3.8, 4) is 0 Å². The Morgan fingerprint density at radius 2 is 1.12 bits per heavy atom. The maximum Gasteiger partial charge on any atom is 0.309 e. The van der Waals surface area contributed by atoms with E-state index in [1.165, 1.54) is 0 Å². The Morgan fingerprint density at radius 1 is 0.775 bits per heavy atom. The van der Waals surface area contributed by atoms with Crippen molar-refractivity contribution in [2.24, 2.45) is 10.8 Å². The van der Waals surface area contributed by atoms with Crippen LogP contribution in [-0.4, -0.2) is 78.9 Å². The molecule has 0 bridgehead atoms. The molecule has 2 rings (SSSR count). The van der Waals surface area contributed by atoms with Crippen LogP contribution in [0.25, 0.3) is 0 Å². The lowest BCUT2D eigenvalue weighted by molar-refractivity contribution is -0.185. The molecule has 0 aliphatic carbocycles. The first-order chi connectivity index (χ1) is 18.3. The SMILES string of the molecule is CC(C)(CCCCC(O)CCCCC(C)(C)C1CC(O)(CC(=O)O)CC(=O)O1)C1CC(O)(CC(=O)O)CC(=O)O1. The summed E-state index contributed by atoms with van der Waals surface area (Å²) in [5.41, 5.74) is -4.13. The van der Waals surface area contributed by atoms with Crippen molar-refractivity contribution < 1.29 is 54.2 Å². The molecular formula is C29H48O11. The molecule has 0 spiro atoms. The molecule has 0 saturated carbocycles. The number of rotatable bonds is 16. The summed E-state index contributed by atoms with van der Waals surface area (Å²) in [6.07, 6.45) is 2.49. The minimum atomic E-state index is -1.60. The van der Waals surface area contributed by atoms with Gasteiger partial charge in [0, 0.05) is 23.7 Å². The lowest BCUT2D eigenvalue weighted by atomic mass is 9.73. The monoisotopic (exact) mass is 572 g/mol. The molecule has 40 heavy (non-hydrogen) atoms. The first kappa shape index (κ1) is 34.0. The molecule has 2 heterocycles. The maximum atomic E-state index is 12.0. The quantitative estimate of drug-likeness (QED) is 0.135. The highest BCUT2D eigenvalue weighted by atomic mass is 16.6. The van der Waals surface area contributed by atoms with E-state index in [9.17, 15) is 34.5 Å². The number of ether oxygens (including phenoxy) is 2. The molecule has 11 heteroatoms. The number of carbonyl (C=O) groups excluding carboxylic acids is 2. The molecule has 0 amide bonds. The second-order valence-electron chi connectivity index (χ2n) is 13.4. The van der Waals surface area contributed by atoms with Gasteiger partial charge in [0.05, 0.1) is 43.0 Å². The molecule has 2 fully saturated rings. The number of carbonyl (C=O) groups is 4. The molecule has 4 unspecified atom stereocenters. The minimum absolute atomic E-state index is 0.0793. The average molecular weight is 573 g/mol. The van der Waals surface area contributed by atoms with Crippen LogP contribution < -0.4 is 0 Å². The predicted octanol–water partition coefficient (Wildman–Crippen LogP) is 3.34. The van der Waals surface area contributed by atoms with Crippen molar-refractivity contribution in [1.29, 1.82) is 0 Å². The van der Waals surface area contributed by atoms with Crippen molar-refractivity contribution in [1.82, 2.24) is 0 Å². The Kier molecular flexibility index (Phi) is 11.6. The number of hydrogen-bond acceptors (Lipinski definition) is 9. The molecule has 0 aromatic rings. The fourth-order valence-corrected chi connectivity index (χ4v) is 5.95. The van der Waals surface area contributed by atoms with Gasteiger partial charge in [-0.15, -0.1) is 0 Å². The number of cyclic esters (lactones) is 2. The molecule has 11 nitrogen and oxygen atoms in total. The zero-order chi connectivity index (χ0) is 30.4. The normalized spacial score (nSPS) is 28.5. The first-order valence-corrected chi connectivity index (χ1v) is 14.3. The van der Waals surface area contributed by atoms with Crippen molar-refractivity contribution in [3.63, 3.8) is 0 Å². The zero-order valence-electron chi connectivity index (χ0n) is 24.3. The van der Waals surface area contributed by atoms with E-state index in [2.05, 4.69) is 0 Å². The number of carboxylic acid groups (broad SMARTS) is 2. The predicted molar refractivity (Wildman–Crippen MR) is 143 cm³/mol. The molecular weight excluding hydrogens is 524 g/mol. The van der Waals surface area contributed by atoms with E-state index in [0.717, 1.165) is 25.7 Å². The summed E-state index contributed by atoms with van der Waals surface area (Å²) in [4.78, 5) is 46.3. The van der Waals surface area contributed by atoms with Crippen LogP contribution in [0.1, 0.15) is 118 Å². The van der Waals surface area contributed by atoms with Gasteiger partial charge in [0.15, 0.2) is 0 Å². The Hall–Kier alpha value is -2.24. The average Bonchev–Trinajstić information content (AvgIpc) is 2.76. The molecule has 0 radical (unpaired) electrons. The number of esters is 2. The van der Waals surface area contributed by atoms with E-state index in [-0.39, 0.29) is 25.7 Å². The molecule has 2 aliphatic rings. The van der Waals surface area contributed by atoms with Gasteiger partial charge in [-0.3, -0.25) is 19.2 Å². The third-order valence-electron chi connectivity index (χ3n) is 8.55. The Labute approximate surface area is 236 Å². The molecule has 0 aromatic heterocycles. The number of unbranched alkanes of at least 4 members (excludes halogenated alkanes) is 2.